The van der Waals surface area contributed by atoms with Crippen molar-refractivity contribution in [2.45, 2.75) is 11.3 Å². The van der Waals surface area contributed by atoms with Crippen molar-refractivity contribution in [3.8, 4) is 33.4 Å². The van der Waals surface area contributed by atoms with Gasteiger partial charge < -0.3 is 0 Å². The average Bonchev–Trinajstić information content (AvgIpc) is 3.63. The lowest BCUT2D eigenvalue weighted by atomic mass is 9.83. The monoisotopic (exact) mass is 724 g/mol. The molecule has 2 heterocycles. The Bertz CT molecular complexity index is 3050. The van der Waals surface area contributed by atoms with Crippen molar-refractivity contribution in [1.82, 2.24) is 0 Å². The van der Waals surface area contributed by atoms with Crippen molar-refractivity contribution in [3.63, 3.8) is 0 Å². The SMILES string of the molecule is C=Cc1c(C=C)c(-c2ccc3cc(-c4ccc5sc6cc7ccc8c(c7cc6c5c4)SC/C=C\C=C/C8)ccc3c2)c2ccccc2c1-c1ccccc1. The molecule has 1 aliphatic rings. The Kier molecular flexibility index (Phi) is 8.17. The molecule has 0 radical (unpaired) electrons. The Morgan fingerprint density at radius 3 is 1.87 bits per heavy atom. The lowest BCUT2D eigenvalue weighted by Gasteiger charge is -2.20. The highest BCUT2D eigenvalue weighted by atomic mass is 32.2. The lowest BCUT2D eigenvalue weighted by molar-refractivity contribution is 1.21. The van der Waals surface area contributed by atoms with E-state index in [0.717, 1.165) is 23.3 Å². The molecule has 0 atom stereocenters. The van der Waals surface area contributed by atoms with Crippen molar-refractivity contribution in [2.24, 2.45) is 0 Å². The van der Waals surface area contributed by atoms with Crippen molar-refractivity contribution in [2.75, 3.05) is 5.75 Å². The minimum atomic E-state index is 0.959. The molecule has 0 fully saturated rings. The molecule has 0 saturated heterocycles. The summed E-state index contributed by atoms with van der Waals surface area (Å²) in [4.78, 5) is 1.41. The summed E-state index contributed by atoms with van der Waals surface area (Å²) in [5.74, 6) is 0.981. The smallest absolute Gasteiger partial charge is 0.0361 e. The Hall–Kier alpha value is -5.93. The Morgan fingerprint density at radius 2 is 1.09 bits per heavy atom. The predicted molar refractivity (Wildman–Crippen MR) is 241 cm³/mol. The minimum absolute atomic E-state index is 0.959. The first-order chi connectivity index (χ1) is 26.7. The van der Waals surface area contributed by atoms with E-state index in [4.69, 9.17) is 0 Å². The van der Waals surface area contributed by atoms with Gasteiger partial charge in [-0.3, -0.25) is 0 Å². The number of allylic oxidation sites excluding steroid dienone is 3. The van der Waals surface area contributed by atoms with Crippen LogP contribution in [0, 0.1) is 0 Å². The van der Waals surface area contributed by atoms with E-state index in [1.807, 2.05) is 35.3 Å². The van der Waals surface area contributed by atoms with Crippen molar-refractivity contribution < 1.29 is 0 Å². The first-order valence-electron chi connectivity index (χ1n) is 18.5. The fourth-order valence-electron chi connectivity index (χ4n) is 8.37. The van der Waals surface area contributed by atoms with E-state index in [-0.39, 0.29) is 0 Å². The van der Waals surface area contributed by atoms with E-state index in [9.17, 15) is 0 Å². The molecule has 0 unspecified atom stereocenters. The number of thiophene rings is 1. The van der Waals surface area contributed by atoms with Gasteiger partial charge in [-0.15, -0.1) is 23.1 Å². The number of rotatable bonds is 5. The Labute approximate surface area is 324 Å². The van der Waals surface area contributed by atoms with Crippen LogP contribution in [0.25, 0.3) is 98.0 Å². The van der Waals surface area contributed by atoms with E-state index >= 15 is 0 Å². The topological polar surface area (TPSA) is 0 Å². The molecule has 0 nitrogen and oxygen atoms in total. The van der Waals surface area contributed by atoms with Gasteiger partial charge in [0, 0.05) is 30.8 Å². The first kappa shape index (κ1) is 32.7. The van der Waals surface area contributed by atoms with Crippen molar-refractivity contribution in [3.05, 3.63) is 188 Å². The average molecular weight is 725 g/mol. The zero-order chi connectivity index (χ0) is 36.2. The van der Waals surface area contributed by atoms with Crippen LogP contribution in [0.1, 0.15) is 16.7 Å². The third-order valence-corrected chi connectivity index (χ3v) is 13.2. The highest BCUT2D eigenvalue weighted by molar-refractivity contribution is 7.99. The molecule has 256 valence electrons. The molecule has 0 spiro atoms. The first-order valence-corrected chi connectivity index (χ1v) is 20.3. The molecule has 10 rings (SSSR count). The maximum Gasteiger partial charge on any atom is 0.0361 e. The minimum Gasteiger partial charge on any atom is -0.135 e. The zero-order valence-electron chi connectivity index (χ0n) is 29.8. The van der Waals surface area contributed by atoms with Gasteiger partial charge in [0.1, 0.15) is 0 Å². The van der Waals surface area contributed by atoms with E-state index in [2.05, 4.69) is 171 Å². The van der Waals surface area contributed by atoms with Crippen LogP contribution in [-0.4, -0.2) is 5.75 Å². The third-order valence-electron chi connectivity index (χ3n) is 10.9. The summed E-state index contributed by atoms with van der Waals surface area (Å²) in [6.45, 7) is 8.58. The molecule has 1 aromatic heterocycles. The van der Waals surface area contributed by atoms with Crippen molar-refractivity contribution in [1.29, 1.82) is 0 Å². The largest absolute Gasteiger partial charge is 0.135 e. The number of benzene rings is 8. The summed E-state index contributed by atoms with van der Waals surface area (Å²) in [7, 11) is 0. The molecule has 0 aliphatic carbocycles. The summed E-state index contributed by atoms with van der Waals surface area (Å²) in [6.07, 6.45) is 13.8. The molecule has 9 aromatic rings. The van der Waals surface area contributed by atoms with Crippen LogP contribution in [0.2, 0.25) is 0 Å². The van der Waals surface area contributed by atoms with Crippen LogP contribution in [0.4, 0.5) is 0 Å². The number of fused-ring (bicyclic) bond motifs is 8. The summed E-state index contributed by atoms with van der Waals surface area (Å²) < 4.78 is 2.67. The molecule has 54 heavy (non-hydrogen) atoms. The summed E-state index contributed by atoms with van der Waals surface area (Å²) in [6, 6.07) is 49.6. The van der Waals surface area contributed by atoms with Crippen LogP contribution < -0.4 is 0 Å². The molecular formula is C52H36S2. The van der Waals surface area contributed by atoms with Crippen LogP contribution in [0.15, 0.2) is 176 Å². The van der Waals surface area contributed by atoms with E-state index in [0.29, 0.717) is 0 Å². The highest BCUT2D eigenvalue weighted by Crippen LogP contribution is 2.45. The van der Waals surface area contributed by atoms with E-state index < -0.39 is 0 Å². The second-order valence-electron chi connectivity index (χ2n) is 14.0. The van der Waals surface area contributed by atoms with Gasteiger partial charge in [0.05, 0.1) is 0 Å². The van der Waals surface area contributed by atoms with Gasteiger partial charge in [0.2, 0.25) is 0 Å². The van der Waals surface area contributed by atoms with Gasteiger partial charge in [-0.2, -0.15) is 0 Å². The van der Waals surface area contributed by atoms with Crippen LogP contribution in [0.5, 0.6) is 0 Å². The second kappa shape index (κ2) is 13.5. The predicted octanol–water partition coefficient (Wildman–Crippen LogP) is 15.6. The molecule has 1 aliphatic heterocycles. The number of hydrogen-bond donors (Lipinski definition) is 0. The Morgan fingerprint density at radius 1 is 0.463 bits per heavy atom. The molecular weight excluding hydrogens is 689 g/mol. The highest BCUT2D eigenvalue weighted by Gasteiger charge is 2.19. The molecule has 8 aromatic carbocycles. The summed E-state index contributed by atoms with van der Waals surface area (Å²) in [5, 5.41) is 10.2. The summed E-state index contributed by atoms with van der Waals surface area (Å²) in [5.41, 5.74) is 10.8. The second-order valence-corrected chi connectivity index (χ2v) is 16.1. The van der Waals surface area contributed by atoms with E-state index in [1.165, 1.54) is 96.3 Å². The molecule has 2 heteroatoms. The zero-order valence-corrected chi connectivity index (χ0v) is 31.4. The number of hydrogen-bond acceptors (Lipinski definition) is 2. The van der Waals surface area contributed by atoms with Gasteiger partial charge in [-0.25, -0.2) is 0 Å². The Balaban J connectivity index is 1.08. The standard InChI is InChI=1S/C52H36S2/c1-3-41-42(4-2)51(44-18-12-11-17-43(44)50(41)33-14-9-7-10-15-33)40-24-22-35-28-36(20-21-37(35)29-40)38-25-26-48-46(30-38)47-32-45-39(31-49(47)54-48)23-19-34-16-8-5-6-13-27-53-52(34)45/h3-15,17-26,28-32H,1-2,16,27H2/b8-5-,13-6-. The maximum absolute atomic E-state index is 4.30. The van der Waals surface area contributed by atoms with Crippen molar-refractivity contribution >= 4 is 87.7 Å². The van der Waals surface area contributed by atoms with Gasteiger partial charge >= 0.3 is 0 Å². The fraction of sp³-hybridized carbons (Fsp3) is 0.0385. The lowest BCUT2D eigenvalue weighted by Crippen LogP contribution is -1.96. The van der Waals surface area contributed by atoms with Gasteiger partial charge in [-0.05, 0) is 125 Å². The molecule has 0 bridgehead atoms. The van der Waals surface area contributed by atoms with Gasteiger partial charge in [0.25, 0.3) is 0 Å². The van der Waals surface area contributed by atoms with Gasteiger partial charge in [-0.1, -0.05) is 147 Å². The van der Waals surface area contributed by atoms with Crippen LogP contribution in [0.3, 0.4) is 0 Å². The molecule has 0 saturated carbocycles. The molecule has 0 amide bonds. The molecule has 0 N–H and O–H groups in total. The fourth-order valence-corrected chi connectivity index (χ4v) is 10.5. The third kappa shape index (κ3) is 5.45. The van der Waals surface area contributed by atoms with E-state index in [1.54, 1.807) is 0 Å². The van der Waals surface area contributed by atoms with Gasteiger partial charge in [0.15, 0.2) is 0 Å². The normalized spacial score (nSPS) is 14.1. The maximum atomic E-state index is 4.30. The summed E-state index contributed by atoms with van der Waals surface area (Å²) >= 11 is 3.85. The number of thioether (sulfide) groups is 1. The van der Waals surface area contributed by atoms with Crippen LogP contribution >= 0.6 is 23.1 Å². The van der Waals surface area contributed by atoms with Crippen LogP contribution in [-0.2, 0) is 6.42 Å². The quantitative estimate of drug-likeness (QED) is 0.170.